The summed E-state index contributed by atoms with van der Waals surface area (Å²) in [4.78, 5) is 28.2. The molecule has 2 N–H and O–H groups in total. The van der Waals surface area contributed by atoms with Gasteiger partial charge in [-0.15, -0.1) is 12.4 Å². The fraction of sp³-hybridized carbons (Fsp3) is 0.556. The summed E-state index contributed by atoms with van der Waals surface area (Å²) in [6.07, 6.45) is 3.57. The van der Waals surface area contributed by atoms with Gasteiger partial charge in [0.2, 0.25) is 11.8 Å². The quantitative estimate of drug-likeness (QED) is 0.902. The van der Waals surface area contributed by atoms with Gasteiger partial charge in [-0.2, -0.15) is 0 Å². The van der Waals surface area contributed by atoms with Gasteiger partial charge in [-0.1, -0.05) is 36.8 Å². The van der Waals surface area contributed by atoms with Crippen molar-refractivity contribution in [1.29, 1.82) is 0 Å². The van der Waals surface area contributed by atoms with Gasteiger partial charge in [0.15, 0.2) is 0 Å². The molecule has 24 heavy (non-hydrogen) atoms. The van der Waals surface area contributed by atoms with Crippen molar-refractivity contribution in [1.82, 2.24) is 9.80 Å². The molecular weight excluding hydrogens is 326 g/mol. The molecule has 2 aliphatic heterocycles. The Balaban J connectivity index is 0.00000208. The molecule has 3 rings (SSSR count). The van der Waals surface area contributed by atoms with E-state index in [2.05, 4.69) is 12.1 Å². The van der Waals surface area contributed by atoms with Crippen LogP contribution in [0, 0.1) is 0 Å². The third-order valence-electron chi connectivity index (χ3n) is 4.94. The zero-order valence-electron chi connectivity index (χ0n) is 13.9. The topological polar surface area (TPSA) is 66.6 Å². The van der Waals surface area contributed by atoms with Crippen LogP contribution in [0.2, 0.25) is 0 Å². The van der Waals surface area contributed by atoms with Crippen molar-refractivity contribution in [3.63, 3.8) is 0 Å². The second-order valence-electron chi connectivity index (χ2n) is 6.61. The Morgan fingerprint density at radius 1 is 1.12 bits per heavy atom. The van der Waals surface area contributed by atoms with E-state index in [0.717, 1.165) is 19.3 Å². The van der Waals surface area contributed by atoms with Crippen molar-refractivity contribution in [2.45, 2.75) is 37.6 Å². The predicted molar refractivity (Wildman–Crippen MR) is 96.0 cm³/mol. The molecule has 2 fully saturated rings. The highest BCUT2D eigenvalue weighted by Crippen LogP contribution is 2.26. The first-order chi connectivity index (χ1) is 11.1. The van der Waals surface area contributed by atoms with Crippen LogP contribution < -0.4 is 5.73 Å². The van der Waals surface area contributed by atoms with Crippen LogP contribution in [0.5, 0.6) is 0 Å². The molecule has 2 atom stereocenters. The maximum Gasteiger partial charge on any atom is 0.242 e. The van der Waals surface area contributed by atoms with Gasteiger partial charge >= 0.3 is 0 Å². The van der Waals surface area contributed by atoms with E-state index < -0.39 is 0 Å². The average molecular weight is 352 g/mol. The molecule has 0 bridgehead atoms. The summed E-state index contributed by atoms with van der Waals surface area (Å²) in [6.45, 7) is 2.12. The number of amides is 2. The lowest BCUT2D eigenvalue weighted by Gasteiger charge is -2.24. The monoisotopic (exact) mass is 351 g/mol. The Kier molecular flexibility index (Phi) is 6.63. The molecule has 0 saturated carbocycles. The predicted octanol–water partition coefficient (Wildman–Crippen LogP) is 1.76. The van der Waals surface area contributed by atoms with E-state index in [4.69, 9.17) is 5.73 Å². The van der Waals surface area contributed by atoms with Crippen molar-refractivity contribution in [3.8, 4) is 0 Å². The van der Waals surface area contributed by atoms with Crippen molar-refractivity contribution in [3.05, 3.63) is 35.9 Å². The first kappa shape index (κ1) is 18.7. The summed E-state index contributed by atoms with van der Waals surface area (Å²) < 4.78 is 0. The standard InChI is InChI=1S/C18H25N3O2.ClH/c19-16-12-21(11-15(16)14-7-3-1-4-8-14)18(23)13-20-10-6-2-5-9-17(20)22;/h1,3-4,7-8,15-16H,2,5-6,9-13,19H2;1H/t15-,16+;/m0./s1. The molecule has 0 radical (unpaired) electrons. The minimum Gasteiger partial charge on any atom is -0.339 e. The highest BCUT2D eigenvalue weighted by Gasteiger charge is 2.34. The molecule has 0 aromatic heterocycles. The number of nitrogens with zero attached hydrogens (tertiary/aromatic N) is 2. The van der Waals surface area contributed by atoms with Crippen LogP contribution in [0.15, 0.2) is 30.3 Å². The largest absolute Gasteiger partial charge is 0.339 e. The third-order valence-corrected chi connectivity index (χ3v) is 4.94. The SMILES string of the molecule is Cl.N[C@@H]1CN(C(=O)CN2CCCCCC2=O)C[C@H]1c1ccccc1. The van der Waals surface area contributed by atoms with Crippen LogP contribution >= 0.6 is 12.4 Å². The van der Waals surface area contributed by atoms with E-state index in [1.54, 1.807) is 4.90 Å². The van der Waals surface area contributed by atoms with E-state index in [1.165, 1.54) is 5.56 Å². The molecule has 2 saturated heterocycles. The van der Waals surface area contributed by atoms with Crippen LogP contribution in [-0.2, 0) is 9.59 Å². The number of carbonyl (C=O) groups is 2. The number of benzene rings is 1. The van der Waals surface area contributed by atoms with Crippen LogP contribution in [0.3, 0.4) is 0 Å². The first-order valence-electron chi connectivity index (χ1n) is 8.51. The molecule has 0 aliphatic carbocycles. The maximum absolute atomic E-state index is 12.6. The van der Waals surface area contributed by atoms with Crippen molar-refractivity contribution in [2.24, 2.45) is 5.73 Å². The lowest BCUT2D eigenvalue weighted by molar-refractivity contribution is -0.139. The molecule has 2 amide bonds. The summed E-state index contributed by atoms with van der Waals surface area (Å²) >= 11 is 0. The number of nitrogens with two attached hydrogens (primary N) is 1. The average Bonchev–Trinajstić information content (AvgIpc) is 2.84. The summed E-state index contributed by atoms with van der Waals surface area (Å²) in [7, 11) is 0. The van der Waals surface area contributed by atoms with Gasteiger partial charge in [0, 0.05) is 38.0 Å². The molecule has 1 aromatic carbocycles. The number of rotatable bonds is 3. The van der Waals surface area contributed by atoms with Crippen molar-refractivity contribution < 1.29 is 9.59 Å². The molecule has 0 spiro atoms. The summed E-state index contributed by atoms with van der Waals surface area (Å²) in [5, 5.41) is 0. The van der Waals surface area contributed by atoms with E-state index in [1.807, 2.05) is 23.1 Å². The fourth-order valence-corrected chi connectivity index (χ4v) is 3.55. The zero-order valence-corrected chi connectivity index (χ0v) is 14.7. The number of hydrogen-bond donors (Lipinski definition) is 1. The van der Waals surface area contributed by atoms with E-state index in [0.29, 0.717) is 26.1 Å². The molecule has 6 heteroatoms. The second-order valence-corrected chi connectivity index (χ2v) is 6.61. The first-order valence-corrected chi connectivity index (χ1v) is 8.51. The summed E-state index contributed by atoms with van der Waals surface area (Å²) in [5.74, 6) is 0.313. The van der Waals surface area contributed by atoms with Gasteiger partial charge < -0.3 is 15.5 Å². The highest BCUT2D eigenvalue weighted by molar-refractivity contribution is 5.85. The minimum atomic E-state index is -0.0406. The number of halogens is 1. The Morgan fingerprint density at radius 2 is 1.88 bits per heavy atom. The number of hydrogen-bond acceptors (Lipinski definition) is 3. The lowest BCUT2D eigenvalue weighted by atomic mass is 9.95. The Bertz CT molecular complexity index is 567. The molecule has 1 aromatic rings. The normalized spacial score (nSPS) is 24.5. The van der Waals surface area contributed by atoms with Crippen molar-refractivity contribution in [2.75, 3.05) is 26.2 Å². The molecule has 2 heterocycles. The Morgan fingerprint density at radius 3 is 2.62 bits per heavy atom. The van der Waals surface area contributed by atoms with Gasteiger partial charge in [0.1, 0.15) is 0 Å². The lowest BCUT2D eigenvalue weighted by Crippen LogP contribution is -2.42. The smallest absolute Gasteiger partial charge is 0.242 e. The van der Waals surface area contributed by atoms with Crippen molar-refractivity contribution >= 4 is 24.2 Å². The fourth-order valence-electron chi connectivity index (χ4n) is 3.55. The van der Waals surface area contributed by atoms with Crippen LogP contribution in [0.25, 0.3) is 0 Å². The van der Waals surface area contributed by atoms with Gasteiger partial charge in [-0.25, -0.2) is 0 Å². The summed E-state index contributed by atoms with van der Waals surface area (Å²) in [6, 6.07) is 10.1. The molecule has 5 nitrogen and oxygen atoms in total. The van der Waals surface area contributed by atoms with E-state index >= 15 is 0 Å². The van der Waals surface area contributed by atoms with Gasteiger partial charge in [-0.05, 0) is 18.4 Å². The highest BCUT2D eigenvalue weighted by atomic mass is 35.5. The molecule has 2 aliphatic rings. The molecular formula is C18H26ClN3O2. The minimum absolute atomic E-state index is 0. The van der Waals surface area contributed by atoms with Crippen LogP contribution in [0.1, 0.15) is 37.2 Å². The number of carbonyl (C=O) groups excluding carboxylic acids is 2. The van der Waals surface area contributed by atoms with E-state index in [-0.39, 0.29) is 42.7 Å². The van der Waals surface area contributed by atoms with Crippen LogP contribution in [-0.4, -0.2) is 53.8 Å². The number of likely N-dealkylation sites (tertiary alicyclic amines) is 2. The Labute approximate surface area is 149 Å². The van der Waals surface area contributed by atoms with Gasteiger partial charge in [0.05, 0.1) is 6.54 Å². The zero-order chi connectivity index (χ0) is 16.2. The van der Waals surface area contributed by atoms with E-state index in [9.17, 15) is 9.59 Å². The van der Waals surface area contributed by atoms with Crippen LogP contribution in [0.4, 0.5) is 0 Å². The second kappa shape index (κ2) is 8.49. The maximum atomic E-state index is 12.6. The summed E-state index contributed by atoms with van der Waals surface area (Å²) in [5.41, 5.74) is 7.43. The third kappa shape index (κ3) is 4.28. The Hall–Kier alpha value is -1.59. The molecule has 132 valence electrons. The van der Waals surface area contributed by atoms with Gasteiger partial charge in [0.25, 0.3) is 0 Å². The molecule has 0 unspecified atom stereocenters. The van der Waals surface area contributed by atoms with Gasteiger partial charge in [-0.3, -0.25) is 9.59 Å².